The first-order valence-electron chi connectivity index (χ1n) is 4.70. The predicted octanol–water partition coefficient (Wildman–Crippen LogP) is 2.79. The molecule has 16 heavy (non-hydrogen) atoms. The number of nitrogens with two attached hydrogens (primary N) is 1. The van der Waals surface area contributed by atoms with Crippen LogP contribution in [0.1, 0.15) is 21.6 Å². The summed E-state index contributed by atoms with van der Waals surface area (Å²) < 4.78 is 14.2. The molecule has 0 atom stereocenters. The molecule has 0 saturated carbocycles. The maximum absolute atomic E-state index is 13.6. The second-order valence-electron chi connectivity index (χ2n) is 3.70. The average Bonchev–Trinajstić information content (AvgIpc) is 2.42. The van der Waals surface area contributed by atoms with Gasteiger partial charge in [-0.3, -0.25) is 4.79 Å². The van der Waals surface area contributed by atoms with Crippen LogP contribution >= 0.6 is 15.9 Å². The zero-order valence-corrected chi connectivity index (χ0v) is 10.4. The molecule has 0 bridgehead atoms. The van der Waals surface area contributed by atoms with E-state index < -0.39 is 11.7 Å². The number of hydrogen-bond donors (Lipinski definition) is 2. The van der Waals surface area contributed by atoms with Crippen molar-refractivity contribution >= 4 is 32.7 Å². The fraction of sp³-hybridized carbons (Fsp3) is 0.182. The third kappa shape index (κ3) is 1.43. The van der Waals surface area contributed by atoms with Gasteiger partial charge in [0.1, 0.15) is 5.82 Å². The average molecular weight is 285 g/mol. The Morgan fingerprint density at radius 2 is 2.12 bits per heavy atom. The summed E-state index contributed by atoms with van der Waals surface area (Å²) >= 11 is 3.28. The lowest BCUT2D eigenvalue weighted by molar-refractivity contribution is 0.0998. The highest BCUT2D eigenvalue weighted by atomic mass is 79.9. The van der Waals surface area contributed by atoms with Gasteiger partial charge in [-0.15, -0.1) is 0 Å². The fourth-order valence-electron chi connectivity index (χ4n) is 1.82. The number of rotatable bonds is 1. The number of primary amides is 1. The first-order valence-corrected chi connectivity index (χ1v) is 5.49. The van der Waals surface area contributed by atoms with Gasteiger partial charge in [0.05, 0.1) is 11.1 Å². The van der Waals surface area contributed by atoms with Gasteiger partial charge in [0.2, 0.25) is 0 Å². The number of carbonyl (C=O) groups excluding carboxylic acids is 1. The molecule has 0 aliphatic heterocycles. The molecular weight excluding hydrogens is 275 g/mol. The molecule has 0 saturated heterocycles. The Kier molecular flexibility index (Phi) is 2.50. The third-order valence-corrected chi connectivity index (χ3v) is 3.35. The van der Waals surface area contributed by atoms with Crippen LogP contribution in [0.5, 0.6) is 0 Å². The second-order valence-corrected chi connectivity index (χ2v) is 4.56. The SMILES string of the molecule is Cc1[nH]c2c(C(N)=O)c(F)cc(Br)c2c1C. The highest BCUT2D eigenvalue weighted by Gasteiger charge is 2.19. The Morgan fingerprint density at radius 1 is 1.50 bits per heavy atom. The van der Waals surface area contributed by atoms with Gasteiger partial charge >= 0.3 is 0 Å². The summed E-state index contributed by atoms with van der Waals surface area (Å²) in [4.78, 5) is 14.2. The van der Waals surface area contributed by atoms with Gasteiger partial charge < -0.3 is 10.7 Å². The van der Waals surface area contributed by atoms with Crippen LogP contribution in [0, 0.1) is 19.7 Å². The van der Waals surface area contributed by atoms with Crippen LogP contribution < -0.4 is 5.73 Å². The number of amides is 1. The molecule has 1 amide bonds. The molecule has 1 aromatic heterocycles. The summed E-state index contributed by atoms with van der Waals surface area (Å²) in [6.45, 7) is 3.77. The van der Waals surface area contributed by atoms with Crippen molar-refractivity contribution in [3.05, 3.63) is 33.2 Å². The zero-order valence-electron chi connectivity index (χ0n) is 8.82. The summed E-state index contributed by atoms with van der Waals surface area (Å²) in [5.41, 5.74) is 7.41. The molecule has 0 aliphatic rings. The van der Waals surface area contributed by atoms with E-state index in [0.717, 1.165) is 16.6 Å². The van der Waals surface area contributed by atoms with Crippen molar-refractivity contribution in [2.24, 2.45) is 5.73 Å². The van der Waals surface area contributed by atoms with Crippen molar-refractivity contribution in [2.75, 3.05) is 0 Å². The Balaban J connectivity index is 3.02. The highest BCUT2D eigenvalue weighted by Crippen LogP contribution is 2.32. The van der Waals surface area contributed by atoms with Gasteiger partial charge in [-0.2, -0.15) is 0 Å². The second kappa shape index (κ2) is 3.59. The lowest BCUT2D eigenvalue weighted by Gasteiger charge is -2.03. The summed E-state index contributed by atoms with van der Waals surface area (Å²) in [5.74, 6) is -1.38. The molecule has 0 fully saturated rings. The lowest BCUT2D eigenvalue weighted by Crippen LogP contribution is -2.14. The van der Waals surface area contributed by atoms with Crippen molar-refractivity contribution < 1.29 is 9.18 Å². The van der Waals surface area contributed by atoms with E-state index in [1.54, 1.807) is 0 Å². The number of aromatic amines is 1. The number of aromatic nitrogens is 1. The van der Waals surface area contributed by atoms with E-state index in [0.29, 0.717) is 9.99 Å². The summed E-state index contributed by atoms with van der Waals surface area (Å²) in [5, 5.41) is 0.799. The van der Waals surface area contributed by atoms with E-state index in [1.807, 2.05) is 13.8 Å². The standard InChI is InChI=1S/C11H10BrFN2O/c1-4-5(2)15-10-8(4)6(12)3-7(13)9(10)11(14)16/h3,15H,1-2H3,(H2,14,16). The largest absolute Gasteiger partial charge is 0.365 e. The first-order chi connectivity index (χ1) is 7.43. The normalized spacial score (nSPS) is 11.0. The highest BCUT2D eigenvalue weighted by molar-refractivity contribution is 9.10. The van der Waals surface area contributed by atoms with Crippen LogP contribution in [0.25, 0.3) is 10.9 Å². The van der Waals surface area contributed by atoms with Gasteiger partial charge in [-0.25, -0.2) is 4.39 Å². The van der Waals surface area contributed by atoms with Crippen molar-refractivity contribution in [3.8, 4) is 0 Å². The zero-order chi connectivity index (χ0) is 12.0. The predicted molar refractivity (Wildman–Crippen MR) is 63.9 cm³/mol. The molecule has 1 heterocycles. The van der Waals surface area contributed by atoms with Crippen molar-refractivity contribution in [2.45, 2.75) is 13.8 Å². The number of hydrogen-bond acceptors (Lipinski definition) is 1. The van der Waals surface area contributed by atoms with E-state index in [9.17, 15) is 9.18 Å². The summed E-state index contributed by atoms with van der Waals surface area (Å²) in [6.07, 6.45) is 0. The van der Waals surface area contributed by atoms with Crippen LogP contribution in [-0.4, -0.2) is 10.9 Å². The first kappa shape index (κ1) is 11.1. The molecule has 0 aliphatic carbocycles. The molecule has 2 rings (SSSR count). The maximum atomic E-state index is 13.6. The van der Waals surface area contributed by atoms with Crippen LogP contribution in [0.2, 0.25) is 0 Å². The van der Waals surface area contributed by atoms with E-state index >= 15 is 0 Å². The Labute approximate surface area is 100.0 Å². The van der Waals surface area contributed by atoms with Crippen LogP contribution in [0.3, 0.4) is 0 Å². The molecule has 3 nitrogen and oxygen atoms in total. The van der Waals surface area contributed by atoms with Gasteiger partial charge in [0.25, 0.3) is 5.91 Å². The lowest BCUT2D eigenvalue weighted by atomic mass is 10.1. The van der Waals surface area contributed by atoms with Crippen molar-refractivity contribution in [3.63, 3.8) is 0 Å². The molecule has 1 aromatic carbocycles. The van der Waals surface area contributed by atoms with E-state index in [-0.39, 0.29) is 5.56 Å². The van der Waals surface area contributed by atoms with Crippen LogP contribution in [0.4, 0.5) is 4.39 Å². The Hall–Kier alpha value is -1.36. The summed E-state index contributed by atoms with van der Waals surface area (Å²) in [7, 11) is 0. The molecule has 3 N–H and O–H groups in total. The quantitative estimate of drug-likeness (QED) is 0.831. The van der Waals surface area contributed by atoms with Gasteiger partial charge in [-0.1, -0.05) is 0 Å². The smallest absolute Gasteiger partial charge is 0.253 e. The molecule has 0 unspecified atom stereocenters. The minimum atomic E-state index is -0.767. The number of halogens is 2. The minimum absolute atomic E-state index is 0.0885. The van der Waals surface area contributed by atoms with Crippen LogP contribution in [0.15, 0.2) is 10.5 Å². The molecule has 2 aromatic rings. The Morgan fingerprint density at radius 3 is 2.69 bits per heavy atom. The molecular formula is C11H10BrFN2O. The monoisotopic (exact) mass is 284 g/mol. The Bertz CT molecular complexity index is 604. The fourth-order valence-corrected chi connectivity index (χ4v) is 2.52. The number of nitrogens with one attached hydrogen (secondary N) is 1. The van der Waals surface area contributed by atoms with Gasteiger partial charge in [-0.05, 0) is 41.4 Å². The maximum Gasteiger partial charge on any atom is 0.253 e. The van der Waals surface area contributed by atoms with E-state index in [4.69, 9.17) is 5.73 Å². The van der Waals surface area contributed by atoms with Crippen molar-refractivity contribution in [1.29, 1.82) is 0 Å². The summed E-state index contributed by atoms with van der Waals surface area (Å²) in [6, 6.07) is 1.27. The topological polar surface area (TPSA) is 58.9 Å². The number of carbonyl (C=O) groups is 1. The molecule has 0 radical (unpaired) electrons. The molecule has 84 valence electrons. The van der Waals surface area contributed by atoms with Gasteiger partial charge in [0, 0.05) is 15.6 Å². The van der Waals surface area contributed by atoms with Gasteiger partial charge in [0.15, 0.2) is 0 Å². The number of fused-ring (bicyclic) bond motifs is 1. The number of aryl methyl sites for hydroxylation is 2. The van der Waals surface area contributed by atoms with Crippen molar-refractivity contribution in [1.82, 2.24) is 4.98 Å². The number of benzene rings is 1. The third-order valence-electron chi connectivity index (χ3n) is 2.73. The van der Waals surface area contributed by atoms with E-state index in [2.05, 4.69) is 20.9 Å². The molecule has 0 spiro atoms. The molecule has 5 heteroatoms. The van der Waals surface area contributed by atoms with Crippen LogP contribution in [-0.2, 0) is 0 Å². The number of H-pyrrole nitrogens is 1. The minimum Gasteiger partial charge on any atom is -0.365 e. The van der Waals surface area contributed by atoms with E-state index in [1.165, 1.54) is 6.07 Å².